The van der Waals surface area contributed by atoms with Crippen LogP contribution < -0.4 is 9.46 Å². The van der Waals surface area contributed by atoms with Crippen molar-refractivity contribution in [1.29, 1.82) is 5.26 Å². The van der Waals surface area contributed by atoms with Crippen LogP contribution in [0.4, 0.5) is 5.69 Å². The second kappa shape index (κ2) is 8.55. The van der Waals surface area contributed by atoms with Crippen LogP contribution in [-0.4, -0.2) is 33.0 Å². The average molecular weight is 413 g/mol. The minimum absolute atomic E-state index is 0.0667. The van der Waals surface area contributed by atoms with Gasteiger partial charge in [0.05, 0.1) is 29.6 Å². The van der Waals surface area contributed by atoms with Gasteiger partial charge < -0.3 is 14.0 Å². The number of benzene rings is 2. The molecule has 0 radical (unpaired) electrons. The normalized spacial score (nSPS) is 11.4. The van der Waals surface area contributed by atoms with Gasteiger partial charge in [0, 0.05) is 24.2 Å². The zero-order chi connectivity index (χ0) is 21.0. The Morgan fingerprint density at radius 3 is 2.45 bits per heavy atom. The number of nitrogens with zero attached hydrogens (tertiary/aromatic N) is 2. The lowest BCUT2D eigenvalue weighted by Gasteiger charge is -2.12. The molecule has 3 rings (SSSR count). The van der Waals surface area contributed by atoms with Gasteiger partial charge in [-0.2, -0.15) is 5.26 Å². The second-order valence-electron chi connectivity index (χ2n) is 6.56. The molecule has 0 amide bonds. The Bertz CT molecular complexity index is 1160. The summed E-state index contributed by atoms with van der Waals surface area (Å²) in [5.41, 5.74) is 3.33. The molecule has 29 heavy (non-hydrogen) atoms. The van der Waals surface area contributed by atoms with E-state index >= 15 is 0 Å². The van der Waals surface area contributed by atoms with Gasteiger partial charge in [0.2, 0.25) is 10.0 Å². The lowest BCUT2D eigenvalue weighted by atomic mass is 10.1. The fourth-order valence-electron chi connectivity index (χ4n) is 3.33. The molecule has 0 saturated carbocycles. The molecule has 0 aliphatic carbocycles. The predicted octanol–water partition coefficient (Wildman–Crippen LogP) is 3.94. The van der Waals surface area contributed by atoms with Gasteiger partial charge in [0.1, 0.15) is 18.5 Å². The molecule has 0 aliphatic heterocycles. The van der Waals surface area contributed by atoms with E-state index in [1.165, 1.54) is 0 Å². The van der Waals surface area contributed by atoms with Gasteiger partial charge in [0.15, 0.2) is 0 Å². The van der Waals surface area contributed by atoms with E-state index in [1.807, 2.05) is 29.7 Å². The highest BCUT2D eigenvalue weighted by Crippen LogP contribution is 2.35. The highest BCUT2D eigenvalue weighted by Gasteiger charge is 2.19. The summed E-state index contributed by atoms with van der Waals surface area (Å²) in [7, 11) is -0.178. The van der Waals surface area contributed by atoms with Crippen LogP contribution in [0.2, 0.25) is 0 Å². The molecular weight excluding hydrogens is 390 g/mol. The van der Waals surface area contributed by atoms with Crippen LogP contribution in [-0.2, 0) is 21.5 Å². The molecule has 2 aromatic carbocycles. The van der Waals surface area contributed by atoms with Crippen molar-refractivity contribution >= 4 is 26.6 Å². The third kappa shape index (κ3) is 4.21. The van der Waals surface area contributed by atoms with Gasteiger partial charge >= 0.3 is 0 Å². The third-order valence-electron chi connectivity index (χ3n) is 4.55. The van der Waals surface area contributed by atoms with E-state index < -0.39 is 10.0 Å². The summed E-state index contributed by atoms with van der Waals surface area (Å²) < 4.78 is 39.1. The van der Waals surface area contributed by atoms with Crippen LogP contribution >= 0.6 is 0 Å². The summed E-state index contributed by atoms with van der Waals surface area (Å²) >= 11 is 0. The molecule has 0 saturated heterocycles. The third-order valence-corrected chi connectivity index (χ3v) is 6.04. The number of methoxy groups -OCH3 is 2. The van der Waals surface area contributed by atoms with Gasteiger partial charge in [-0.05, 0) is 36.2 Å². The maximum Gasteiger partial charge on any atom is 0.232 e. The molecule has 0 unspecified atom stereocenters. The molecular formula is C21H23N3O4S. The van der Waals surface area contributed by atoms with Gasteiger partial charge in [-0.1, -0.05) is 19.1 Å². The number of anilines is 1. The van der Waals surface area contributed by atoms with Crippen molar-refractivity contribution in [2.24, 2.45) is 0 Å². The number of hydrogen-bond donors (Lipinski definition) is 1. The summed E-state index contributed by atoms with van der Waals surface area (Å²) in [5, 5.41) is 10.6. The average Bonchev–Trinajstić information content (AvgIpc) is 3.01. The van der Waals surface area contributed by atoms with E-state index in [0.717, 1.165) is 16.5 Å². The van der Waals surface area contributed by atoms with Crippen LogP contribution in [0, 0.1) is 11.3 Å². The van der Waals surface area contributed by atoms with Crippen molar-refractivity contribution in [3.8, 4) is 23.1 Å². The molecule has 0 bridgehead atoms. The molecule has 7 nitrogen and oxygen atoms in total. The number of ether oxygens (including phenoxy) is 2. The number of aromatic nitrogens is 1. The number of fused-ring (bicyclic) bond motifs is 1. The van der Waals surface area contributed by atoms with Gasteiger partial charge in [-0.25, -0.2) is 8.42 Å². The van der Waals surface area contributed by atoms with Crippen molar-refractivity contribution in [3.63, 3.8) is 0 Å². The molecule has 152 valence electrons. The molecule has 0 spiro atoms. The summed E-state index contributed by atoms with van der Waals surface area (Å²) in [4.78, 5) is 0. The van der Waals surface area contributed by atoms with Crippen molar-refractivity contribution in [2.45, 2.75) is 20.1 Å². The summed E-state index contributed by atoms with van der Waals surface area (Å²) in [5.74, 6) is 0.751. The van der Waals surface area contributed by atoms with Crippen molar-refractivity contribution in [2.75, 3.05) is 24.7 Å². The predicted molar refractivity (Wildman–Crippen MR) is 113 cm³/mol. The Hall–Kier alpha value is -3.02. The standard InChI is InChI=1S/C21H23N3O4S/c1-4-11-29(25,26)23-16-7-5-15(6-8-16)21-19(13-22)18-10-9-17(28-3)12-20(18)24(21)14-27-2/h5-10,12,23H,4,11,14H2,1-3H3. The lowest BCUT2D eigenvalue weighted by Crippen LogP contribution is -2.15. The topological polar surface area (TPSA) is 93.4 Å². The molecule has 3 aromatic rings. The largest absolute Gasteiger partial charge is 0.497 e. The maximum absolute atomic E-state index is 12.0. The highest BCUT2D eigenvalue weighted by atomic mass is 32.2. The first-order valence-electron chi connectivity index (χ1n) is 9.14. The number of nitrogens with one attached hydrogen (secondary N) is 1. The molecule has 1 N–H and O–H groups in total. The second-order valence-corrected chi connectivity index (χ2v) is 8.40. The first-order chi connectivity index (χ1) is 13.9. The highest BCUT2D eigenvalue weighted by molar-refractivity contribution is 7.92. The number of nitriles is 1. The van der Waals surface area contributed by atoms with E-state index in [-0.39, 0.29) is 12.5 Å². The fraction of sp³-hybridized carbons (Fsp3) is 0.286. The minimum Gasteiger partial charge on any atom is -0.497 e. The number of rotatable bonds is 8. The quantitative estimate of drug-likeness (QED) is 0.604. The van der Waals surface area contributed by atoms with Crippen LogP contribution in [0.25, 0.3) is 22.2 Å². The molecule has 0 fully saturated rings. The zero-order valence-corrected chi connectivity index (χ0v) is 17.4. The first kappa shape index (κ1) is 20.7. The van der Waals surface area contributed by atoms with Crippen LogP contribution in [0.5, 0.6) is 5.75 Å². The van der Waals surface area contributed by atoms with E-state index in [2.05, 4.69) is 10.8 Å². The monoisotopic (exact) mass is 413 g/mol. The maximum atomic E-state index is 12.0. The summed E-state index contributed by atoms with van der Waals surface area (Å²) in [6, 6.07) is 14.8. The summed E-state index contributed by atoms with van der Waals surface area (Å²) in [6.07, 6.45) is 0.541. The Labute approximate surface area is 170 Å². The SMILES string of the molecule is CCCS(=O)(=O)Nc1ccc(-c2c(C#N)c3ccc(OC)cc3n2COC)cc1. The van der Waals surface area contributed by atoms with Crippen LogP contribution in [0.15, 0.2) is 42.5 Å². The van der Waals surface area contributed by atoms with Gasteiger partial charge in [-0.15, -0.1) is 0 Å². The van der Waals surface area contributed by atoms with Crippen molar-refractivity contribution in [3.05, 3.63) is 48.0 Å². The smallest absolute Gasteiger partial charge is 0.232 e. The Morgan fingerprint density at radius 2 is 1.86 bits per heavy atom. The van der Waals surface area contributed by atoms with Gasteiger partial charge in [0.25, 0.3) is 0 Å². The Kier molecular flexibility index (Phi) is 6.11. The van der Waals surface area contributed by atoms with Crippen molar-refractivity contribution in [1.82, 2.24) is 4.57 Å². The molecule has 1 aromatic heterocycles. The van der Waals surface area contributed by atoms with E-state index in [0.29, 0.717) is 29.1 Å². The number of hydrogen-bond acceptors (Lipinski definition) is 5. The zero-order valence-electron chi connectivity index (χ0n) is 16.6. The Morgan fingerprint density at radius 1 is 1.14 bits per heavy atom. The molecule has 0 aliphatic rings. The Balaban J connectivity index is 2.11. The summed E-state index contributed by atoms with van der Waals surface area (Å²) in [6.45, 7) is 2.07. The van der Waals surface area contributed by atoms with Crippen molar-refractivity contribution < 1.29 is 17.9 Å². The van der Waals surface area contributed by atoms with E-state index in [9.17, 15) is 13.7 Å². The van der Waals surface area contributed by atoms with E-state index in [4.69, 9.17) is 9.47 Å². The first-order valence-corrected chi connectivity index (χ1v) is 10.8. The van der Waals surface area contributed by atoms with E-state index in [1.54, 1.807) is 38.5 Å². The van der Waals surface area contributed by atoms with Crippen LogP contribution in [0.3, 0.4) is 0 Å². The molecule has 0 atom stereocenters. The fourth-order valence-corrected chi connectivity index (χ4v) is 4.46. The minimum atomic E-state index is -3.36. The van der Waals surface area contributed by atoms with Gasteiger partial charge in [-0.3, -0.25) is 4.72 Å². The molecule has 1 heterocycles. The lowest BCUT2D eigenvalue weighted by molar-refractivity contribution is 0.136. The van der Waals surface area contributed by atoms with Crippen LogP contribution in [0.1, 0.15) is 18.9 Å². The number of sulfonamides is 1. The molecule has 8 heteroatoms.